The highest BCUT2D eigenvalue weighted by atomic mass is 19.4. The van der Waals surface area contributed by atoms with E-state index >= 15 is 0 Å². The van der Waals surface area contributed by atoms with E-state index in [0.717, 1.165) is 6.07 Å². The van der Waals surface area contributed by atoms with Gasteiger partial charge in [-0.2, -0.15) is 13.2 Å². The molecule has 100 valence electrons. The van der Waals surface area contributed by atoms with Gasteiger partial charge in [0.25, 0.3) is 0 Å². The molecule has 3 nitrogen and oxygen atoms in total. The van der Waals surface area contributed by atoms with Crippen molar-refractivity contribution >= 4 is 11.6 Å². The average molecular weight is 260 g/mol. The van der Waals surface area contributed by atoms with Crippen LogP contribution in [0.2, 0.25) is 0 Å². The highest BCUT2D eigenvalue weighted by Gasteiger charge is 2.34. The summed E-state index contributed by atoms with van der Waals surface area (Å²) in [5.74, 6) is -1.07. The fourth-order valence-electron chi connectivity index (χ4n) is 1.77. The molecule has 1 amide bonds. The maximum atomic E-state index is 12.7. The number of halogens is 3. The molecule has 6 heteroatoms. The Kier molecular flexibility index (Phi) is 4.21. The number of hydrogen-bond acceptors (Lipinski definition) is 2. The van der Waals surface area contributed by atoms with E-state index in [1.54, 1.807) is 0 Å². The number of anilines is 1. The molecule has 0 spiro atoms. The number of primary amides is 1. The van der Waals surface area contributed by atoms with Gasteiger partial charge in [0.1, 0.15) is 0 Å². The second-order valence-electron chi connectivity index (χ2n) is 3.76. The molecule has 0 fully saturated rings. The van der Waals surface area contributed by atoms with Crippen molar-refractivity contribution < 1.29 is 18.0 Å². The quantitative estimate of drug-likeness (QED) is 0.904. The first-order chi connectivity index (χ1) is 8.31. The van der Waals surface area contributed by atoms with Gasteiger partial charge in [-0.05, 0) is 32.0 Å². The third kappa shape index (κ3) is 2.94. The number of amides is 1. The molecule has 0 aromatic heterocycles. The molecule has 0 aliphatic heterocycles. The molecule has 0 bridgehead atoms. The van der Waals surface area contributed by atoms with Crippen molar-refractivity contribution in [3.8, 4) is 0 Å². The Balaban J connectivity index is 3.32. The summed E-state index contributed by atoms with van der Waals surface area (Å²) in [7, 11) is 0. The van der Waals surface area contributed by atoms with Crippen LogP contribution in [0, 0.1) is 0 Å². The van der Waals surface area contributed by atoms with Crippen molar-refractivity contribution in [3.63, 3.8) is 0 Å². The molecule has 1 rings (SSSR count). The Morgan fingerprint density at radius 3 is 2.22 bits per heavy atom. The minimum absolute atomic E-state index is 0.494. The standard InChI is InChI=1S/C12H15F3N2O/c1-3-17(4-2)8-5-6-10(12(13,14)15)9(7-8)11(16)18/h5-7H,3-4H2,1-2H3,(H2,16,18). The summed E-state index contributed by atoms with van der Waals surface area (Å²) >= 11 is 0. The number of nitrogens with zero attached hydrogens (tertiary/aromatic N) is 1. The molecule has 1 aromatic carbocycles. The Labute approximate surface area is 103 Å². The summed E-state index contributed by atoms with van der Waals surface area (Å²) in [5, 5.41) is 0. The van der Waals surface area contributed by atoms with Gasteiger partial charge in [-0.1, -0.05) is 0 Å². The van der Waals surface area contributed by atoms with Crippen molar-refractivity contribution in [1.29, 1.82) is 0 Å². The number of benzene rings is 1. The maximum Gasteiger partial charge on any atom is 0.417 e. The van der Waals surface area contributed by atoms with Gasteiger partial charge in [0.2, 0.25) is 5.91 Å². The first-order valence-electron chi connectivity index (χ1n) is 5.57. The molecule has 2 N–H and O–H groups in total. The fourth-order valence-corrected chi connectivity index (χ4v) is 1.77. The minimum Gasteiger partial charge on any atom is -0.372 e. The first-order valence-corrected chi connectivity index (χ1v) is 5.57. The summed E-state index contributed by atoms with van der Waals surface area (Å²) < 4.78 is 38.1. The zero-order valence-corrected chi connectivity index (χ0v) is 10.2. The molecule has 0 aliphatic carbocycles. The lowest BCUT2D eigenvalue weighted by molar-refractivity contribution is -0.137. The van der Waals surface area contributed by atoms with Crippen LogP contribution in [-0.2, 0) is 6.18 Å². The minimum atomic E-state index is -4.58. The second kappa shape index (κ2) is 5.29. The lowest BCUT2D eigenvalue weighted by Crippen LogP contribution is -2.24. The number of alkyl halides is 3. The first kappa shape index (κ1) is 14.3. The number of carbonyl (C=O) groups is 1. The van der Waals surface area contributed by atoms with Crippen LogP contribution in [0.3, 0.4) is 0 Å². The molecule has 18 heavy (non-hydrogen) atoms. The monoisotopic (exact) mass is 260 g/mol. The third-order valence-electron chi connectivity index (χ3n) is 2.70. The van der Waals surface area contributed by atoms with Gasteiger partial charge >= 0.3 is 6.18 Å². The van der Waals surface area contributed by atoms with Crippen LogP contribution in [0.1, 0.15) is 29.8 Å². The van der Waals surface area contributed by atoms with Crippen LogP contribution in [0.4, 0.5) is 18.9 Å². The molecule has 0 radical (unpaired) electrons. The summed E-state index contributed by atoms with van der Waals surface area (Å²) in [6, 6.07) is 3.44. The molecule has 0 saturated heterocycles. The van der Waals surface area contributed by atoms with E-state index in [1.165, 1.54) is 12.1 Å². The number of carbonyl (C=O) groups excluding carboxylic acids is 1. The molecular formula is C12H15F3N2O. The van der Waals surface area contributed by atoms with Crippen molar-refractivity contribution in [2.24, 2.45) is 5.73 Å². The molecule has 0 unspecified atom stereocenters. The van der Waals surface area contributed by atoms with Gasteiger partial charge < -0.3 is 10.6 Å². The second-order valence-corrected chi connectivity index (χ2v) is 3.76. The van der Waals surface area contributed by atoms with Crippen LogP contribution in [0.15, 0.2) is 18.2 Å². The molecule has 0 heterocycles. The van der Waals surface area contributed by atoms with E-state index in [2.05, 4.69) is 0 Å². The lowest BCUT2D eigenvalue weighted by atomic mass is 10.0. The van der Waals surface area contributed by atoms with Gasteiger partial charge in [-0.25, -0.2) is 0 Å². The molecule has 0 saturated carbocycles. The van der Waals surface area contributed by atoms with E-state index in [-0.39, 0.29) is 0 Å². The Hall–Kier alpha value is -1.72. The van der Waals surface area contributed by atoms with Crippen LogP contribution in [0.5, 0.6) is 0 Å². The van der Waals surface area contributed by atoms with Crippen LogP contribution < -0.4 is 10.6 Å². The normalized spacial score (nSPS) is 11.4. The zero-order valence-electron chi connectivity index (χ0n) is 10.2. The SMILES string of the molecule is CCN(CC)c1ccc(C(F)(F)F)c(C(N)=O)c1. The van der Waals surface area contributed by atoms with E-state index in [1.807, 2.05) is 18.7 Å². The molecule has 0 aliphatic rings. The van der Waals surface area contributed by atoms with Crippen LogP contribution in [-0.4, -0.2) is 19.0 Å². The Morgan fingerprint density at radius 1 is 1.28 bits per heavy atom. The van der Waals surface area contributed by atoms with Gasteiger partial charge in [0, 0.05) is 18.8 Å². The number of rotatable bonds is 4. The van der Waals surface area contributed by atoms with Crippen molar-refractivity contribution in [3.05, 3.63) is 29.3 Å². The third-order valence-corrected chi connectivity index (χ3v) is 2.70. The zero-order chi connectivity index (χ0) is 13.9. The highest BCUT2D eigenvalue weighted by molar-refractivity contribution is 5.95. The van der Waals surface area contributed by atoms with Gasteiger partial charge in [0.15, 0.2) is 0 Å². The smallest absolute Gasteiger partial charge is 0.372 e. The topological polar surface area (TPSA) is 46.3 Å². The molecule has 0 atom stereocenters. The molecular weight excluding hydrogens is 245 g/mol. The Morgan fingerprint density at radius 2 is 1.83 bits per heavy atom. The number of nitrogens with two attached hydrogens (primary N) is 1. The summed E-state index contributed by atoms with van der Waals surface area (Å²) in [6.07, 6.45) is -4.58. The maximum absolute atomic E-state index is 12.7. The average Bonchev–Trinajstić information content (AvgIpc) is 2.29. The number of hydrogen-bond donors (Lipinski definition) is 1. The largest absolute Gasteiger partial charge is 0.417 e. The van der Waals surface area contributed by atoms with Gasteiger partial charge in [-0.3, -0.25) is 4.79 Å². The Bertz CT molecular complexity index is 439. The fraction of sp³-hybridized carbons (Fsp3) is 0.417. The van der Waals surface area contributed by atoms with Crippen LogP contribution in [0.25, 0.3) is 0 Å². The van der Waals surface area contributed by atoms with Crippen molar-refractivity contribution in [2.45, 2.75) is 20.0 Å². The summed E-state index contributed by atoms with van der Waals surface area (Å²) in [6.45, 7) is 5.04. The lowest BCUT2D eigenvalue weighted by Gasteiger charge is -2.22. The van der Waals surface area contributed by atoms with E-state index in [9.17, 15) is 18.0 Å². The van der Waals surface area contributed by atoms with Gasteiger partial charge in [0.05, 0.1) is 11.1 Å². The highest BCUT2D eigenvalue weighted by Crippen LogP contribution is 2.33. The summed E-state index contributed by atoms with van der Waals surface area (Å²) in [5.41, 5.74) is 4.07. The van der Waals surface area contributed by atoms with Crippen LogP contribution >= 0.6 is 0 Å². The predicted octanol–water partition coefficient (Wildman–Crippen LogP) is 2.65. The van der Waals surface area contributed by atoms with Crippen molar-refractivity contribution in [2.75, 3.05) is 18.0 Å². The summed E-state index contributed by atoms with van der Waals surface area (Å²) in [4.78, 5) is 13.0. The van der Waals surface area contributed by atoms with E-state index < -0.39 is 23.2 Å². The van der Waals surface area contributed by atoms with E-state index in [0.29, 0.717) is 18.8 Å². The predicted molar refractivity (Wildman–Crippen MR) is 63.5 cm³/mol. The van der Waals surface area contributed by atoms with Crippen molar-refractivity contribution in [1.82, 2.24) is 0 Å². The van der Waals surface area contributed by atoms with E-state index in [4.69, 9.17) is 5.73 Å². The van der Waals surface area contributed by atoms with Gasteiger partial charge in [-0.15, -0.1) is 0 Å². The molecule has 1 aromatic rings.